The van der Waals surface area contributed by atoms with Gasteiger partial charge in [0.15, 0.2) is 5.17 Å². The molecule has 1 aliphatic rings. The van der Waals surface area contributed by atoms with Crippen molar-refractivity contribution in [2.45, 2.75) is 6.18 Å². The number of alkyl halides is 3. The topological polar surface area (TPSA) is 54.4 Å². The van der Waals surface area contributed by atoms with Gasteiger partial charge in [-0.05, 0) is 36.0 Å². The number of nitrogens with one attached hydrogen (secondary N) is 1. The molecule has 0 saturated carbocycles. The fraction of sp³-hybridized carbons (Fsp3) is 0.0500. The number of thioether (sulfide) groups is 1. The maximum atomic E-state index is 13.1. The largest absolute Gasteiger partial charge is 0.418 e. The highest BCUT2D eigenvalue weighted by atomic mass is 32.2. The molecule has 2 aromatic carbocycles. The van der Waals surface area contributed by atoms with E-state index in [1.807, 2.05) is 30.3 Å². The van der Waals surface area contributed by atoms with Crippen LogP contribution in [0.25, 0.3) is 17.0 Å². The number of rotatable bonds is 2. The van der Waals surface area contributed by atoms with Gasteiger partial charge in [0.25, 0.3) is 5.91 Å². The first kappa shape index (κ1) is 18.2. The predicted molar refractivity (Wildman–Crippen MR) is 104 cm³/mol. The highest BCUT2D eigenvalue weighted by molar-refractivity contribution is 8.18. The van der Waals surface area contributed by atoms with Crippen LogP contribution in [-0.4, -0.2) is 16.1 Å². The van der Waals surface area contributed by atoms with Crippen molar-refractivity contribution in [3.05, 3.63) is 76.8 Å². The lowest BCUT2D eigenvalue weighted by molar-refractivity contribution is -0.137. The van der Waals surface area contributed by atoms with Crippen LogP contribution >= 0.6 is 11.8 Å². The molecule has 8 heteroatoms. The smallest absolute Gasteiger partial charge is 0.300 e. The average molecular weight is 399 g/mol. The van der Waals surface area contributed by atoms with Gasteiger partial charge >= 0.3 is 6.18 Å². The molecule has 0 unspecified atom stereocenters. The third kappa shape index (κ3) is 3.63. The van der Waals surface area contributed by atoms with E-state index < -0.39 is 17.6 Å². The maximum Gasteiger partial charge on any atom is 0.418 e. The summed E-state index contributed by atoms with van der Waals surface area (Å²) in [6, 6.07) is 14.3. The number of nitrogens with zero attached hydrogens (tertiary/aromatic N) is 2. The van der Waals surface area contributed by atoms with Crippen molar-refractivity contribution >= 4 is 45.5 Å². The summed E-state index contributed by atoms with van der Waals surface area (Å²) in [5.74, 6) is -0.416. The van der Waals surface area contributed by atoms with Gasteiger partial charge < -0.3 is 5.32 Å². The van der Waals surface area contributed by atoms with E-state index in [9.17, 15) is 18.0 Å². The third-order valence-corrected chi connectivity index (χ3v) is 4.94. The Kier molecular flexibility index (Phi) is 4.64. The number of para-hydroxylation sites is 2. The highest BCUT2D eigenvalue weighted by Crippen LogP contribution is 2.37. The van der Waals surface area contributed by atoms with Gasteiger partial charge in [0, 0.05) is 17.1 Å². The van der Waals surface area contributed by atoms with E-state index in [-0.39, 0.29) is 10.9 Å². The molecule has 0 spiro atoms. The summed E-state index contributed by atoms with van der Waals surface area (Å²) in [5.41, 5.74) is 0.380. The number of benzene rings is 2. The van der Waals surface area contributed by atoms with Crippen molar-refractivity contribution in [3.8, 4) is 0 Å². The summed E-state index contributed by atoms with van der Waals surface area (Å²) in [5, 5.41) is 3.54. The molecular formula is C20H12F3N3OS. The molecule has 4 rings (SSSR count). The maximum absolute atomic E-state index is 13.1. The summed E-state index contributed by atoms with van der Waals surface area (Å²) in [6.07, 6.45) is -1.21. The first-order chi connectivity index (χ1) is 13.4. The van der Waals surface area contributed by atoms with Gasteiger partial charge in [-0.1, -0.05) is 36.4 Å². The Bertz CT molecular complexity index is 1130. The molecular weight excluding hydrogens is 387 g/mol. The van der Waals surface area contributed by atoms with Crippen LogP contribution in [0.1, 0.15) is 11.1 Å². The molecule has 0 atom stereocenters. The van der Waals surface area contributed by atoms with E-state index >= 15 is 0 Å². The Labute approximate surface area is 162 Å². The van der Waals surface area contributed by atoms with Crippen molar-refractivity contribution in [1.82, 2.24) is 10.3 Å². The number of pyridine rings is 1. The van der Waals surface area contributed by atoms with Gasteiger partial charge in [-0.3, -0.25) is 9.78 Å². The number of amides is 1. The number of fused-ring (bicyclic) bond motifs is 1. The van der Waals surface area contributed by atoms with Crippen molar-refractivity contribution in [2.75, 3.05) is 0 Å². The number of hydrogen-bond acceptors (Lipinski definition) is 4. The minimum atomic E-state index is -4.53. The van der Waals surface area contributed by atoms with Crippen LogP contribution in [0.3, 0.4) is 0 Å². The number of aliphatic imine (C=N–C) groups is 1. The minimum absolute atomic E-state index is 0.0983. The van der Waals surface area contributed by atoms with Gasteiger partial charge in [-0.2, -0.15) is 13.2 Å². The normalized spacial score (nSPS) is 17.5. The molecule has 1 N–H and O–H groups in total. The number of aromatic nitrogens is 1. The summed E-state index contributed by atoms with van der Waals surface area (Å²) < 4.78 is 39.4. The summed E-state index contributed by atoms with van der Waals surface area (Å²) >= 11 is 0.992. The van der Waals surface area contributed by atoms with Crippen molar-refractivity contribution in [3.63, 3.8) is 0 Å². The van der Waals surface area contributed by atoms with Crippen LogP contribution in [0, 0.1) is 0 Å². The monoisotopic (exact) mass is 399 g/mol. The SMILES string of the molecule is O=C1NC(=Nc2ccccc2C(F)(F)F)SC1=Cc1cccc2cccnc12. The fourth-order valence-corrected chi connectivity index (χ4v) is 3.61. The van der Waals surface area contributed by atoms with Crippen LogP contribution in [0.2, 0.25) is 0 Å². The molecule has 3 aromatic rings. The Morgan fingerprint density at radius 1 is 1.04 bits per heavy atom. The Balaban J connectivity index is 1.69. The minimum Gasteiger partial charge on any atom is -0.300 e. The van der Waals surface area contributed by atoms with E-state index in [2.05, 4.69) is 15.3 Å². The number of amidine groups is 1. The molecule has 0 bridgehead atoms. The standard InChI is InChI=1S/C20H12F3N3OS/c21-20(22,23)14-8-1-2-9-15(14)25-19-26-18(27)16(28-19)11-13-6-3-5-12-7-4-10-24-17(12)13/h1-11H,(H,25,26,27). The van der Waals surface area contributed by atoms with E-state index in [4.69, 9.17) is 0 Å². The number of carbonyl (C=O) groups is 1. The second-order valence-electron chi connectivity index (χ2n) is 5.92. The molecule has 1 saturated heterocycles. The van der Waals surface area contributed by atoms with Crippen molar-refractivity contribution in [2.24, 2.45) is 4.99 Å². The van der Waals surface area contributed by atoms with Crippen LogP contribution in [-0.2, 0) is 11.0 Å². The second kappa shape index (κ2) is 7.12. The number of carbonyl (C=O) groups excluding carboxylic acids is 1. The average Bonchev–Trinajstić information content (AvgIpc) is 3.00. The van der Waals surface area contributed by atoms with Crippen molar-refractivity contribution in [1.29, 1.82) is 0 Å². The molecule has 1 aliphatic heterocycles. The summed E-state index contributed by atoms with van der Waals surface area (Å²) in [7, 11) is 0. The van der Waals surface area contributed by atoms with Crippen LogP contribution in [0.5, 0.6) is 0 Å². The molecule has 1 amide bonds. The first-order valence-electron chi connectivity index (χ1n) is 8.21. The van der Waals surface area contributed by atoms with Gasteiger partial charge in [0.2, 0.25) is 0 Å². The summed E-state index contributed by atoms with van der Waals surface area (Å²) in [4.78, 5) is 20.9. The quantitative estimate of drug-likeness (QED) is 0.607. The predicted octanol–water partition coefficient (Wildman–Crippen LogP) is 5.15. The molecule has 0 aliphatic carbocycles. The van der Waals surface area contributed by atoms with Crippen LogP contribution in [0.4, 0.5) is 18.9 Å². The lowest BCUT2D eigenvalue weighted by Crippen LogP contribution is -2.19. The van der Waals surface area contributed by atoms with Crippen LogP contribution < -0.4 is 5.32 Å². The van der Waals surface area contributed by atoms with E-state index in [1.54, 1.807) is 12.3 Å². The zero-order valence-corrected chi connectivity index (χ0v) is 15.0. The molecule has 1 aromatic heterocycles. The first-order valence-corrected chi connectivity index (χ1v) is 9.03. The van der Waals surface area contributed by atoms with E-state index in [0.717, 1.165) is 34.3 Å². The van der Waals surface area contributed by atoms with Crippen molar-refractivity contribution < 1.29 is 18.0 Å². The second-order valence-corrected chi connectivity index (χ2v) is 6.95. The third-order valence-electron chi connectivity index (χ3n) is 4.03. The van der Waals surface area contributed by atoms with Gasteiger partial charge in [0.05, 0.1) is 21.7 Å². The number of hydrogen-bond donors (Lipinski definition) is 1. The molecule has 28 heavy (non-hydrogen) atoms. The molecule has 1 fully saturated rings. The Morgan fingerprint density at radius 2 is 1.82 bits per heavy atom. The summed E-state index contributed by atoms with van der Waals surface area (Å²) in [6.45, 7) is 0. The lowest BCUT2D eigenvalue weighted by atomic mass is 10.1. The molecule has 140 valence electrons. The Morgan fingerprint density at radius 3 is 2.64 bits per heavy atom. The van der Waals surface area contributed by atoms with Gasteiger partial charge in [-0.25, -0.2) is 4.99 Å². The fourth-order valence-electron chi connectivity index (χ4n) is 2.79. The lowest BCUT2D eigenvalue weighted by Gasteiger charge is -2.09. The van der Waals surface area contributed by atoms with Gasteiger partial charge in [-0.15, -0.1) is 0 Å². The molecule has 2 heterocycles. The van der Waals surface area contributed by atoms with E-state index in [0.29, 0.717) is 4.91 Å². The van der Waals surface area contributed by atoms with Crippen LogP contribution in [0.15, 0.2) is 70.7 Å². The van der Waals surface area contributed by atoms with Gasteiger partial charge in [0.1, 0.15) is 0 Å². The molecule has 4 nitrogen and oxygen atoms in total. The molecule has 0 radical (unpaired) electrons. The van der Waals surface area contributed by atoms with E-state index in [1.165, 1.54) is 18.2 Å². The zero-order valence-electron chi connectivity index (χ0n) is 14.2. The zero-order chi connectivity index (χ0) is 19.7. The Hall–Kier alpha value is -3.13. The number of halogens is 3. The highest BCUT2D eigenvalue weighted by Gasteiger charge is 2.34.